The van der Waals surface area contributed by atoms with E-state index in [-0.39, 0.29) is 6.10 Å². The predicted molar refractivity (Wildman–Crippen MR) is 67.2 cm³/mol. The summed E-state index contributed by atoms with van der Waals surface area (Å²) < 4.78 is 0. The first-order chi connectivity index (χ1) is 7.84. The number of piperidine rings is 1. The SMILES string of the molecule is OC1CCN(C/C=C/c2ccccc2)CC1. The molecule has 86 valence electrons. The van der Waals surface area contributed by atoms with Crippen LogP contribution in [0.4, 0.5) is 0 Å². The van der Waals surface area contributed by atoms with Gasteiger partial charge in [-0.15, -0.1) is 0 Å². The lowest BCUT2D eigenvalue weighted by Crippen LogP contribution is -2.35. The van der Waals surface area contributed by atoms with E-state index < -0.39 is 0 Å². The fraction of sp³-hybridized carbons (Fsp3) is 0.429. The van der Waals surface area contributed by atoms with E-state index in [1.807, 2.05) is 6.07 Å². The molecule has 1 aliphatic rings. The van der Waals surface area contributed by atoms with Gasteiger partial charge in [0.15, 0.2) is 0 Å². The number of aliphatic hydroxyl groups is 1. The second kappa shape index (κ2) is 5.83. The molecule has 1 N–H and O–H groups in total. The van der Waals surface area contributed by atoms with Crippen LogP contribution in [0.15, 0.2) is 36.4 Å². The molecular weight excluding hydrogens is 198 g/mol. The quantitative estimate of drug-likeness (QED) is 0.838. The van der Waals surface area contributed by atoms with Crippen molar-refractivity contribution < 1.29 is 5.11 Å². The fourth-order valence-corrected chi connectivity index (χ4v) is 2.00. The Balaban J connectivity index is 1.77. The second-order valence-corrected chi connectivity index (χ2v) is 4.34. The van der Waals surface area contributed by atoms with Gasteiger partial charge >= 0.3 is 0 Å². The van der Waals surface area contributed by atoms with Crippen molar-refractivity contribution in [3.05, 3.63) is 42.0 Å². The molecule has 0 amide bonds. The number of aliphatic hydroxyl groups excluding tert-OH is 1. The Morgan fingerprint density at radius 2 is 1.88 bits per heavy atom. The van der Waals surface area contributed by atoms with Gasteiger partial charge in [0, 0.05) is 19.6 Å². The fourth-order valence-electron chi connectivity index (χ4n) is 2.00. The lowest BCUT2D eigenvalue weighted by molar-refractivity contribution is 0.0881. The highest BCUT2D eigenvalue weighted by Crippen LogP contribution is 2.09. The lowest BCUT2D eigenvalue weighted by Gasteiger charge is -2.28. The van der Waals surface area contributed by atoms with Gasteiger partial charge < -0.3 is 5.11 Å². The van der Waals surface area contributed by atoms with Crippen LogP contribution >= 0.6 is 0 Å². The highest BCUT2D eigenvalue weighted by molar-refractivity contribution is 5.48. The van der Waals surface area contributed by atoms with E-state index in [4.69, 9.17) is 0 Å². The third-order valence-corrected chi connectivity index (χ3v) is 3.03. The van der Waals surface area contributed by atoms with Gasteiger partial charge in [-0.2, -0.15) is 0 Å². The zero-order chi connectivity index (χ0) is 11.2. The van der Waals surface area contributed by atoms with Gasteiger partial charge in [0.1, 0.15) is 0 Å². The van der Waals surface area contributed by atoms with Crippen molar-refractivity contribution in [2.45, 2.75) is 18.9 Å². The maximum absolute atomic E-state index is 9.39. The molecule has 1 fully saturated rings. The summed E-state index contributed by atoms with van der Waals surface area (Å²) in [4.78, 5) is 2.38. The number of hydrogen-bond donors (Lipinski definition) is 1. The standard InChI is InChI=1S/C14H19NO/c16-14-8-11-15(12-9-14)10-4-7-13-5-2-1-3-6-13/h1-7,14,16H,8-12H2/b7-4+. The van der Waals surface area contributed by atoms with Crippen LogP contribution in [0.5, 0.6) is 0 Å². The van der Waals surface area contributed by atoms with E-state index in [1.54, 1.807) is 0 Å². The summed E-state index contributed by atoms with van der Waals surface area (Å²) in [6, 6.07) is 10.4. The Kier molecular flexibility index (Phi) is 4.14. The van der Waals surface area contributed by atoms with Crippen molar-refractivity contribution in [3.63, 3.8) is 0 Å². The Hall–Kier alpha value is -1.12. The van der Waals surface area contributed by atoms with Crippen molar-refractivity contribution in [2.24, 2.45) is 0 Å². The Bertz CT molecular complexity index is 326. The third-order valence-electron chi connectivity index (χ3n) is 3.03. The van der Waals surface area contributed by atoms with Gasteiger partial charge in [-0.05, 0) is 18.4 Å². The maximum atomic E-state index is 9.39. The minimum atomic E-state index is -0.0747. The molecular formula is C14H19NO. The average molecular weight is 217 g/mol. The number of rotatable bonds is 3. The molecule has 1 heterocycles. The minimum Gasteiger partial charge on any atom is -0.393 e. The Morgan fingerprint density at radius 1 is 1.19 bits per heavy atom. The first-order valence-corrected chi connectivity index (χ1v) is 5.96. The van der Waals surface area contributed by atoms with Crippen molar-refractivity contribution in [1.29, 1.82) is 0 Å². The molecule has 0 atom stereocenters. The minimum absolute atomic E-state index is 0.0747. The molecule has 1 aromatic rings. The van der Waals surface area contributed by atoms with Gasteiger partial charge in [0.05, 0.1) is 6.10 Å². The van der Waals surface area contributed by atoms with E-state index in [2.05, 4.69) is 41.3 Å². The molecule has 0 saturated carbocycles. The molecule has 0 bridgehead atoms. The van der Waals surface area contributed by atoms with Crippen LogP contribution in [-0.2, 0) is 0 Å². The molecule has 0 radical (unpaired) electrons. The van der Waals surface area contributed by atoms with Crippen LogP contribution in [-0.4, -0.2) is 35.7 Å². The van der Waals surface area contributed by atoms with Crippen LogP contribution < -0.4 is 0 Å². The van der Waals surface area contributed by atoms with Gasteiger partial charge in [-0.25, -0.2) is 0 Å². The van der Waals surface area contributed by atoms with Crippen molar-refractivity contribution in [3.8, 4) is 0 Å². The van der Waals surface area contributed by atoms with Crippen LogP contribution in [0.1, 0.15) is 18.4 Å². The predicted octanol–water partition coefficient (Wildman–Crippen LogP) is 2.16. The van der Waals surface area contributed by atoms with Gasteiger partial charge in [-0.3, -0.25) is 4.90 Å². The van der Waals surface area contributed by atoms with E-state index in [1.165, 1.54) is 5.56 Å². The summed E-state index contributed by atoms with van der Waals surface area (Å²) in [7, 11) is 0. The van der Waals surface area contributed by atoms with Crippen LogP contribution in [0.3, 0.4) is 0 Å². The smallest absolute Gasteiger partial charge is 0.0564 e. The molecule has 16 heavy (non-hydrogen) atoms. The van der Waals surface area contributed by atoms with Gasteiger partial charge in [-0.1, -0.05) is 42.5 Å². The number of benzene rings is 1. The molecule has 0 aliphatic carbocycles. The summed E-state index contributed by atoms with van der Waals surface area (Å²) in [5.74, 6) is 0. The van der Waals surface area contributed by atoms with E-state index in [0.29, 0.717) is 0 Å². The van der Waals surface area contributed by atoms with Crippen molar-refractivity contribution in [2.75, 3.05) is 19.6 Å². The van der Waals surface area contributed by atoms with Crippen LogP contribution in [0, 0.1) is 0 Å². The Morgan fingerprint density at radius 3 is 2.56 bits per heavy atom. The highest BCUT2D eigenvalue weighted by atomic mass is 16.3. The first-order valence-electron chi connectivity index (χ1n) is 5.96. The summed E-state index contributed by atoms with van der Waals surface area (Å²) in [5, 5.41) is 9.39. The summed E-state index contributed by atoms with van der Waals surface area (Å²) >= 11 is 0. The summed E-state index contributed by atoms with van der Waals surface area (Å²) in [5.41, 5.74) is 1.25. The molecule has 0 unspecified atom stereocenters. The van der Waals surface area contributed by atoms with E-state index in [9.17, 15) is 5.11 Å². The van der Waals surface area contributed by atoms with Crippen molar-refractivity contribution >= 4 is 6.08 Å². The number of hydrogen-bond acceptors (Lipinski definition) is 2. The van der Waals surface area contributed by atoms with Gasteiger partial charge in [0.2, 0.25) is 0 Å². The molecule has 1 aromatic carbocycles. The van der Waals surface area contributed by atoms with Crippen molar-refractivity contribution in [1.82, 2.24) is 4.90 Å². The zero-order valence-electron chi connectivity index (χ0n) is 9.55. The second-order valence-electron chi connectivity index (χ2n) is 4.34. The molecule has 0 aromatic heterocycles. The summed E-state index contributed by atoms with van der Waals surface area (Å²) in [6.07, 6.45) is 6.12. The molecule has 0 spiro atoms. The molecule has 2 rings (SSSR count). The first kappa shape index (κ1) is 11.4. The van der Waals surface area contributed by atoms with E-state index >= 15 is 0 Å². The van der Waals surface area contributed by atoms with Crippen LogP contribution in [0.25, 0.3) is 6.08 Å². The lowest BCUT2D eigenvalue weighted by atomic mass is 10.1. The highest BCUT2D eigenvalue weighted by Gasteiger charge is 2.15. The topological polar surface area (TPSA) is 23.5 Å². The average Bonchev–Trinajstić information content (AvgIpc) is 2.33. The number of nitrogens with zero attached hydrogens (tertiary/aromatic N) is 1. The zero-order valence-corrected chi connectivity index (χ0v) is 9.55. The monoisotopic (exact) mass is 217 g/mol. The third kappa shape index (κ3) is 3.47. The summed E-state index contributed by atoms with van der Waals surface area (Å²) in [6.45, 7) is 3.02. The van der Waals surface area contributed by atoms with Gasteiger partial charge in [0.25, 0.3) is 0 Å². The molecule has 1 saturated heterocycles. The molecule has 2 nitrogen and oxygen atoms in total. The molecule has 2 heteroatoms. The largest absolute Gasteiger partial charge is 0.393 e. The normalized spacial score (nSPS) is 19.3. The molecule has 1 aliphatic heterocycles. The van der Waals surface area contributed by atoms with Crippen LogP contribution in [0.2, 0.25) is 0 Å². The van der Waals surface area contributed by atoms with E-state index in [0.717, 1.165) is 32.5 Å². The maximum Gasteiger partial charge on any atom is 0.0564 e. The Labute approximate surface area is 97.2 Å². The number of likely N-dealkylation sites (tertiary alicyclic amines) is 1.